The number of hydrogen-bond acceptors (Lipinski definition) is 2. The minimum Gasteiger partial charge on any atom is -0.373 e. The molecule has 0 aromatic heterocycles. The molecule has 0 spiro atoms. The van der Waals surface area contributed by atoms with E-state index in [1.54, 1.807) is 5.57 Å². The van der Waals surface area contributed by atoms with Crippen LogP contribution in [0.2, 0.25) is 0 Å². The number of fused-ring (bicyclic) bond motifs is 1. The summed E-state index contributed by atoms with van der Waals surface area (Å²) in [5.41, 5.74) is 6.26. The van der Waals surface area contributed by atoms with E-state index in [2.05, 4.69) is 62.3 Å². The summed E-state index contributed by atoms with van der Waals surface area (Å²) in [7, 11) is 2.22. The van der Waals surface area contributed by atoms with Crippen LogP contribution in [0.1, 0.15) is 44.2 Å². The Morgan fingerprint density at radius 3 is 2.70 bits per heavy atom. The molecule has 1 unspecified atom stereocenters. The Morgan fingerprint density at radius 2 is 2.05 bits per heavy atom. The number of likely N-dealkylation sites (N-methyl/N-ethyl adjacent to an activating group) is 1. The van der Waals surface area contributed by atoms with Crippen molar-refractivity contribution in [3.63, 3.8) is 0 Å². The Morgan fingerprint density at radius 1 is 1.25 bits per heavy atom. The maximum Gasteiger partial charge on any atom is 0.0403 e. The smallest absolute Gasteiger partial charge is 0.0403 e. The molecular weight excluding hydrogens is 244 g/mol. The normalized spacial score (nSPS) is 22.7. The molecule has 1 atom stereocenters. The van der Waals surface area contributed by atoms with Gasteiger partial charge in [-0.15, -0.1) is 0 Å². The minimum absolute atomic E-state index is 0.225. The third-order valence-corrected chi connectivity index (χ3v) is 4.68. The maximum atomic E-state index is 3.42. The summed E-state index contributed by atoms with van der Waals surface area (Å²) in [5, 5.41) is 3.42. The summed E-state index contributed by atoms with van der Waals surface area (Å²) < 4.78 is 0. The fourth-order valence-corrected chi connectivity index (χ4v) is 3.39. The molecule has 1 aromatic rings. The van der Waals surface area contributed by atoms with Crippen molar-refractivity contribution in [2.75, 3.05) is 31.6 Å². The van der Waals surface area contributed by atoms with Crippen LogP contribution in [0.25, 0.3) is 0 Å². The van der Waals surface area contributed by atoms with E-state index in [9.17, 15) is 0 Å². The second kappa shape index (κ2) is 4.92. The van der Waals surface area contributed by atoms with Crippen LogP contribution in [0.5, 0.6) is 0 Å². The van der Waals surface area contributed by atoms with Crippen LogP contribution in [0.3, 0.4) is 0 Å². The van der Waals surface area contributed by atoms with Crippen LogP contribution in [0, 0.1) is 0 Å². The highest BCUT2D eigenvalue weighted by Gasteiger charge is 2.30. The first-order chi connectivity index (χ1) is 9.47. The quantitative estimate of drug-likeness (QED) is 0.786. The van der Waals surface area contributed by atoms with Crippen molar-refractivity contribution in [1.82, 2.24) is 5.32 Å². The molecular formula is C18H26N2. The molecule has 0 aliphatic carbocycles. The third kappa shape index (κ3) is 2.37. The molecule has 2 nitrogen and oxygen atoms in total. The highest BCUT2D eigenvalue weighted by atomic mass is 15.1. The average Bonchev–Trinajstić information content (AvgIpc) is 2.76. The molecule has 0 fully saturated rings. The molecule has 3 rings (SSSR count). The highest BCUT2D eigenvalue weighted by Crippen LogP contribution is 2.42. The topological polar surface area (TPSA) is 15.3 Å². The third-order valence-electron chi connectivity index (χ3n) is 4.68. The molecule has 0 saturated heterocycles. The Bertz CT molecular complexity index is 537. The van der Waals surface area contributed by atoms with E-state index in [0.717, 1.165) is 19.6 Å². The fourth-order valence-electron chi connectivity index (χ4n) is 3.39. The van der Waals surface area contributed by atoms with Crippen molar-refractivity contribution in [2.24, 2.45) is 0 Å². The molecule has 108 valence electrons. The van der Waals surface area contributed by atoms with Crippen LogP contribution < -0.4 is 10.2 Å². The number of hydrogen-bond donors (Lipinski definition) is 1. The summed E-state index contributed by atoms with van der Waals surface area (Å²) in [6.07, 6.45) is 3.60. The van der Waals surface area contributed by atoms with E-state index in [1.807, 2.05) is 0 Å². The van der Waals surface area contributed by atoms with E-state index in [-0.39, 0.29) is 5.41 Å². The van der Waals surface area contributed by atoms with Gasteiger partial charge in [-0.2, -0.15) is 0 Å². The van der Waals surface area contributed by atoms with Gasteiger partial charge >= 0.3 is 0 Å². The van der Waals surface area contributed by atoms with Crippen LogP contribution in [0.15, 0.2) is 29.8 Å². The molecule has 2 heteroatoms. The van der Waals surface area contributed by atoms with Gasteiger partial charge in [-0.3, -0.25) is 0 Å². The average molecular weight is 270 g/mol. The zero-order chi connectivity index (χ0) is 14.3. The Hall–Kier alpha value is -1.28. The van der Waals surface area contributed by atoms with Gasteiger partial charge in [-0.1, -0.05) is 44.6 Å². The first kappa shape index (κ1) is 13.7. The maximum absolute atomic E-state index is 3.42. The second-order valence-corrected chi connectivity index (χ2v) is 7.19. The van der Waals surface area contributed by atoms with E-state index in [1.165, 1.54) is 23.2 Å². The van der Waals surface area contributed by atoms with Crippen LogP contribution >= 0.6 is 0 Å². The SMILES string of the molecule is CN1CC(C2=CCNCC2)c2cc(C(C)(C)C)ccc21. The van der Waals surface area contributed by atoms with Crippen molar-refractivity contribution >= 4 is 5.69 Å². The first-order valence-electron chi connectivity index (χ1n) is 7.72. The zero-order valence-corrected chi connectivity index (χ0v) is 13.2. The van der Waals surface area contributed by atoms with Gasteiger partial charge < -0.3 is 10.2 Å². The lowest BCUT2D eigenvalue weighted by molar-refractivity contribution is 0.588. The summed E-state index contributed by atoms with van der Waals surface area (Å²) >= 11 is 0. The summed E-state index contributed by atoms with van der Waals surface area (Å²) in [6.45, 7) is 10.2. The van der Waals surface area contributed by atoms with Gasteiger partial charge in [-0.25, -0.2) is 0 Å². The number of rotatable bonds is 1. The van der Waals surface area contributed by atoms with Crippen molar-refractivity contribution in [3.8, 4) is 0 Å². The van der Waals surface area contributed by atoms with Crippen LogP contribution in [-0.2, 0) is 5.41 Å². The van der Waals surface area contributed by atoms with Crippen molar-refractivity contribution in [3.05, 3.63) is 41.0 Å². The molecule has 2 aliphatic rings. The molecule has 1 N–H and O–H groups in total. The largest absolute Gasteiger partial charge is 0.373 e. The predicted molar refractivity (Wildman–Crippen MR) is 86.7 cm³/mol. The van der Waals surface area contributed by atoms with Gasteiger partial charge in [-0.05, 0) is 35.6 Å². The Kier molecular flexibility index (Phi) is 3.37. The van der Waals surface area contributed by atoms with Crippen molar-refractivity contribution in [2.45, 2.75) is 38.5 Å². The lowest BCUT2D eigenvalue weighted by atomic mass is 9.82. The summed E-state index contributed by atoms with van der Waals surface area (Å²) in [4.78, 5) is 2.41. The predicted octanol–water partition coefficient (Wildman–Crippen LogP) is 3.44. The van der Waals surface area contributed by atoms with Crippen molar-refractivity contribution in [1.29, 1.82) is 0 Å². The van der Waals surface area contributed by atoms with E-state index in [0.29, 0.717) is 5.92 Å². The number of nitrogens with zero attached hydrogens (tertiary/aromatic N) is 1. The van der Waals surface area contributed by atoms with E-state index >= 15 is 0 Å². The van der Waals surface area contributed by atoms with E-state index < -0.39 is 0 Å². The molecule has 0 saturated carbocycles. The number of nitrogens with one attached hydrogen (secondary N) is 1. The standard InChI is InChI=1S/C18H26N2/c1-18(2,3)14-5-6-17-15(11-14)16(12-20(17)4)13-7-9-19-10-8-13/h5-7,11,16,19H,8-10,12H2,1-4H3. The molecule has 1 aromatic carbocycles. The Balaban J connectivity index is 2.01. The summed E-state index contributed by atoms with van der Waals surface area (Å²) in [5.74, 6) is 0.597. The van der Waals surface area contributed by atoms with Crippen LogP contribution in [0.4, 0.5) is 5.69 Å². The molecule has 2 aliphatic heterocycles. The van der Waals surface area contributed by atoms with Gasteiger partial charge in [0.25, 0.3) is 0 Å². The zero-order valence-electron chi connectivity index (χ0n) is 13.2. The van der Waals surface area contributed by atoms with Gasteiger partial charge in [0.2, 0.25) is 0 Å². The van der Waals surface area contributed by atoms with Gasteiger partial charge in [0.05, 0.1) is 0 Å². The van der Waals surface area contributed by atoms with E-state index in [4.69, 9.17) is 0 Å². The summed E-state index contributed by atoms with van der Waals surface area (Å²) in [6, 6.07) is 7.07. The number of anilines is 1. The molecule has 0 radical (unpaired) electrons. The lowest BCUT2D eigenvalue weighted by Crippen LogP contribution is -2.24. The molecule has 2 heterocycles. The number of benzene rings is 1. The monoisotopic (exact) mass is 270 g/mol. The second-order valence-electron chi connectivity index (χ2n) is 7.19. The highest BCUT2D eigenvalue weighted by molar-refractivity contribution is 5.63. The first-order valence-corrected chi connectivity index (χ1v) is 7.72. The van der Waals surface area contributed by atoms with Crippen LogP contribution in [-0.4, -0.2) is 26.7 Å². The minimum atomic E-state index is 0.225. The molecule has 20 heavy (non-hydrogen) atoms. The lowest BCUT2D eigenvalue weighted by Gasteiger charge is -2.23. The van der Waals surface area contributed by atoms with Gasteiger partial charge in [0, 0.05) is 31.7 Å². The Labute approximate surface area is 122 Å². The molecule has 0 amide bonds. The molecule has 0 bridgehead atoms. The van der Waals surface area contributed by atoms with Crippen molar-refractivity contribution < 1.29 is 0 Å². The van der Waals surface area contributed by atoms with Gasteiger partial charge in [0.1, 0.15) is 0 Å². The van der Waals surface area contributed by atoms with Gasteiger partial charge in [0.15, 0.2) is 0 Å². The fraction of sp³-hybridized carbons (Fsp3) is 0.556.